The lowest BCUT2D eigenvalue weighted by molar-refractivity contribution is -0.141. The highest BCUT2D eigenvalue weighted by atomic mass is 35.5. The van der Waals surface area contributed by atoms with Gasteiger partial charge in [0.25, 0.3) is 5.91 Å². The van der Waals surface area contributed by atoms with Gasteiger partial charge in [0.15, 0.2) is 0 Å². The molecule has 2 atom stereocenters. The van der Waals surface area contributed by atoms with E-state index < -0.39 is 23.6 Å². The summed E-state index contributed by atoms with van der Waals surface area (Å²) >= 11 is 5.72. The molecule has 2 rings (SSSR count). The van der Waals surface area contributed by atoms with Crippen LogP contribution in [-0.4, -0.2) is 23.0 Å². The molecule has 0 heterocycles. The summed E-state index contributed by atoms with van der Waals surface area (Å²) in [5, 5.41) is 11.4. The first-order valence-corrected chi connectivity index (χ1v) is 6.34. The lowest BCUT2D eigenvalue weighted by Gasteiger charge is -2.13. The summed E-state index contributed by atoms with van der Waals surface area (Å²) in [6.45, 7) is 0. The number of carbonyl (C=O) groups excluding carboxylic acids is 1. The molecule has 1 aliphatic rings. The highest BCUT2D eigenvalue weighted by molar-refractivity contribution is 6.34. The molecular weight excluding hydrogens is 273 g/mol. The van der Waals surface area contributed by atoms with Crippen molar-refractivity contribution in [3.05, 3.63) is 34.6 Å². The van der Waals surface area contributed by atoms with Gasteiger partial charge in [0.1, 0.15) is 5.82 Å². The fourth-order valence-electron chi connectivity index (χ4n) is 2.28. The second-order valence-corrected chi connectivity index (χ2v) is 5.00. The van der Waals surface area contributed by atoms with Crippen molar-refractivity contribution in [2.24, 2.45) is 5.92 Å². The van der Waals surface area contributed by atoms with Crippen molar-refractivity contribution in [3.8, 4) is 0 Å². The monoisotopic (exact) mass is 285 g/mol. The van der Waals surface area contributed by atoms with E-state index in [9.17, 15) is 14.0 Å². The molecule has 1 amide bonds. The molecule has 0 bridgehead atoms. The number of aliphatic carboxylic acids is 1. The third kappa shape index (κ3) is 3.04. The summed E-state index contributed by atoms with van der Waals surface area (Å²) in [7, 11) is 0. The van der Waals surface area contributed by atoms with Gasteiger partial charge in [-0.05, 0) is 31.4 Å². The lowest BCUT2D eigenvalue weighted by atomic mass is 10.1. The van der Waals surface area contributed by atoms with Crippen LogP contribution in [0.25, 0.3) is 0 Å². The normalized spacial score (nSPS) is 22.2. The molecule has 1 aliphatic carbocycles. The van der Waals surface area contributed by atoms with E-state index in [0.29, 0.717) is 19.3 Å². The Hall–Kier alpha value is -1.62. The molecule has 1 aromatic rings. The van der Waals surface area contributed by atoms with Gasteiger partial charge in [0, 0.05) is 6.04 Å². The van der Waals surface area contributed by atoms with Gasteiger partial charge in [0.2, 0.25) is 0 Å². The fourth-order valence-corrected chi connectivity index (χ4v) is 2.49. The molecule has 0 spiro atoms. The van der Waals surface area contributed by atoms with Crippen LogP contribution in [0.4, 0.5) is 4.39 Å². The molecule has 19 heavy (non-hydrogen) atoms. The van der Waals surface area contributed by atoms with E-state index in [1.54, 1.807) is 0 Å². The third-order valence-corrected chi connectivity index (χ3v) is 3.70. The van der Waals surface area contributed by atoms with Crippen molar-refractivity contribution in [1.29, 1.82) is 0 Å². The summed E-state index contributed by atoms with van der Waals surface area (Å²) in [5.41, 5.74) is 0.0699. The summed E-state index contributed by atoms with van der Waals surface area (Å²) in [4.78, 5) is 22.8. The van der Waals surface area contributed by atoms with Gasteiger partial charge in [-0.2, -0.15) is 0 Å². The van der Waals surface area contributed by atoms with Crippen LogP contribution in [0.15, 0.2) is 18.2 Å². The van der Waals surface area contributed by atoms with Gasteiger partial charge < -0.3 is 10.4 Å². The van der Waals surface area contributed by atoms with Gasteiger partial charge in [-0.3, -0.25) is 9.59 Å². The minimum absolute atomic E-state index is 0.0699. The number of hydrogen-bond acceptors (Lipinski definition) is 2. The van der Waals surface area contributed by atoms with Crippen LogP contribution in [-0.2, 0) is 4.79 Å². The number of nitrogens with one attached hydrogen (secondary N) is 1. The second kappa shape index (κ2) is 5.57. The first kappa shape index (κ1) is 13.8. The molecule has 0 radical (unpaired) electrons. The molecule has 6 heteroatoms. The number of carboxylic acids is 1. The number of carbonyl (C=O) groups is 2. The topological polar surface area (TPSA) is 66.4 Å². The largest absolute Gasteiger partial charge is 0.481 e. The van der Waals surface area contributed by atoms with Gasteiger partial charge in [0.05, 0.1) is 16.5 Å². The first-order chi connectivity index (χ1) is 8.99. The quantitative estimate of drug-likeness (QED) is 0.896. The number of amides is 1. The Morgan fingerprint density at radius 1 is 1.37 bits per heavy atom. The zero-order valence-corrected chi connectivity index (χ0v) is 10.8. The third-order valence-electron chi connectivity index (χ3n) is 3.31. The van der Waals surface area contributed by atoms with Gasteiger partial charge in [-0.25, -0.2) is 4.39 Å². The summed E-state index contributed by atoms with van der Waals surface area (Å²) in [5.74, 6) is -2.39. The van der Waals surface area contributed by atoms with Crippen LogP contribution in [0.2, 0.25) is 5.02 Å². The molecule has 0 saturated heterocycles. The minimum atomic E-state index is -0.847. The molecule has 0 aromatic heterocycles. The predicted molar refractivity (Wildman–Crippen MR) is 67.6 cm³/mol. The van der Waals surface area contributed by atoms with Gasteiger partial charge in [-0.1, -0.05) is 17.7 Å². The van der Waals surface area contributed by atoms with E-state index in [4.69, 9.17) is 16.7 Å². The Balaban J connectivity index is 2.02. The van der Waals surface area contributed by atoms with E-state index in [-0.39, 0.29) is 16.6 Å². The summed E-state index contributed by atoms with van der Waals surface area (Å²) in [6.07, 6.45) is 1.54. The number of benzene rings is 1. The summed E-state index contributed by atoms with van der Waals surface area (Å²) in [6, 6.07) is 3.82. The Labute approximate surface area is 114 Å². The molecule has 2 N–H and O–H groups in total. The van der Waals surface area contributed by atoms with Gasteiger partial charge >= 0.3 is 5.97 Å². The van der Waals surface area contributed by atoms with Crippen molar-refractivity contribution < 1.29 is 19.1 Å². The number of hydrogen-bond donors (Lipinski definition) is 2. The van der Waals surface area contributed by atoms with Crippen LogP contribution in [0.5, 0.6) is 0 Å². The molecule has 0 unspecified atom stereocenters. The van der Waals surface area contributed by atoms with Crippen molar-refractivity contribution in [2.45, 2.75) is 25.3 Å². The fraction of sp³-hybridized carbons (Fsp3) is 0.385. The van der Waals surface area contributed by atoms with Crippen LogP contribution >= 0.6 is 11.6 Å². The standard InChI is InChI=1S/C13H13ClFNO3/c14-11-9(2-1-3-10(11)15)12(17)16-8-5-4-7(6-8)13(18)19/h1-3,7-8H,4-6H2,(H,16,17)(H,18,19)/t7-,8+/m1/s1. The van der Waals surface area contributed by atoms with Crippen molar-refractivity contribution in [1.82, 2.24) is 5.32 Å². The van der Waals surface area contributed by atoms with Crippen molar-refractivity contribution in [3.63, 3.8) is 0 Å². The molecule has 4 nitrogen and oxygen atoms in total. The van der Waals surface area contributed by atoms with Gasteiger partial charge in [-0.15, -0.1) is 0 Å². The number of halogens is 2. The minimum Gasteiger partial charge on any atom is -0.481 e. The molecule has 1 fully saturated rings. The Kier molecular flexibility index (Phi) is 4.04. The second-order valence-electron chi connectivity index (χ2n) is 4.62. The van der Waals surface area contributed by atoms with Crippen LogP contribution < -0.4 is 5.32 Å². The van der Waals surface area contributed by atoms with E-state index in [1.165, 1.54) is 18.2 Å². The number of carboxylic acid groups (broad SMARTS) is 1. The Morgan fingerprint density at radius 2 is 2.11 bits per heavy atom. The highest BCUT2D eigenvalue weighted by Gasteiger charge is 2.31. The SMILES string of the molecule is O=C(N[C@H]1CC[C@@H](C(=O)O)C1)c1cccc(F)c1Cl. The van der Waals surface area contributed by atoms with E-state index in [0.717, 1.165) is 0 Å². The number of rotatable bonds is 3. The molecule has 102 valence electrons. The summed E-state index contributed by atoms with van der Waals surface area (Å²) < 4.78 is 13.2. The lowest BCUT2D eigenvalue weighted by Crippen LogP contribution is -2.33. The maximum Gasteiger partial charge on any atom is 0.306 e. The molecule has 1 saturated carbocycles. The van der Waals surface area contributed by atoms with Crippen LogP contribution in [0.1, 0.15) is 29.6 Å². The highest BCUT2D eigenvalue weighted by Crippen LogP contribution is 2.26. The average Bonchev–Trinajstić information content (AvgIpc) is 2.81. The van der Waals surface area contributed by atoms with Crippen molar-refractivity contribution >= 4 is 23.5 Å². The van der Waals surface area contributed by atoms with E-state index in [1.807, 2.05) is 0 Å². The predicted octanol–water partition coefficient (Wildman–Crippen LogP) is 2.46. The smallest absolute Gasteiger partial charge is 0.306 e. The maximum absolute atomic E-state index is 13.2. The zero-order valence-electron chi connectivity index (χ0n) is 10.0. The zero-order chi connectivity index (χ0) is 14.0. The Morgan fingerprint density at radius 3 is 2.74 bits per heavy atom. The maximum atomic E-state index is 13.2. The molecule has 0 aliphatic heterocycles. The average molecular weight is 286 g/mol. The first-order valence-electron chi connectivity index (χ1n) is 5.96. The molecular formula is C13H13ClFNO3. The van der Waals surface area contributed by atoms with Crippen molar-refractivity contribution in [2.75, 3.05) is 0 Å². The van der Waals surface area contributed by atoms with Crippen LogP contribution in [0, 0.1) is 11.7 Å². The van der Waals surface area contributed by atoms with Crippen LogP contribution in [0.3, 0.4) is 0 Å². The van der Waals surface area contributed by atoms with E-state index >= 15 is 0 Å². The molecule has 1 aromatic carbocycles. The Bertz CT molecular complexity index is 521. The van der Waals surface area contributed by atoms with E-state index in [2.05, 4.69) is 5.32 Å².